The predicted molar refractivity (Wildman–Crippen MR) is 106 cm³/mol. The van der Waals surface area contributed by atoms with Crippen LogP contribution in [0.25, 0.3) is 0 Å². The fraction of sp³-hybridized carbons (Fsp3) is 0.143. The van der Waals surface area contributed by atoms with Crippen LogP contribution in [-0.2, 0) is 4.79 Å². The van der Waals surface area contributed by atoms with E-state index in [-0.39, 0.29) is 5.91 Å². The van der Waals surface area contributed by atoms with Crippen LogP contribution in [0.15, 0.2) is 83.8 Å². The first-order chi connectivity index (χ1) is 12.4. The number of allylic oxidation sites excluding steroid dienone is 2. The van der Waals surface area contributed by atoms with E-state index in [9.17, 15) is 4.79 Å². The lowest BCUT2D eigenvalue weighted by atomic mass is 10.1. The Morgan fingerprint density at radius 3 is 2.12 bits per heavy atom. The highest BCUT2D eigenvalue weighted by Crippen LogP contribution is 2.27. The summed E-state index contributed by atoms with van der Waals surface area (Å²) in [6.07, 6.45) is 1.42. The van der Waals surface area contributed by atoms with Crippen LogP contribution in [0.4, 0.5) is 5.69 Å². The fourth-order valence-corrected chi connectivity index (χ4v) is 2.58. The van der Waals surface area contributed by atoms with Crippen molar-refractivity contribution < 1.29 is 9.53 Å². The van der Waals surface area contributed by atoms with E-state index in [1.807, 2.05) is 54.6 Å². The van der Waals surface area contributed by atoms with E-state index in [4.69, 9.17) is 10.5 Å². The predicted octanol–water partition coefficient (Wildman–Crippen LogP) is 4.63. The summed E-state index contributed by atoms with van der Waals surface area (Å²) in [5.74, 6) is 1.26. The maximum atomic E-state index is 12.3. The van der Waals surface area contributed by atoms with E-state index < -0.39 is 0 Å². The summed E-state index contributed by atoms with van der Waals surface area (Å²) in [6.45, 7) is 8.61. The van der Waals surface area contributed by atoms with Gasteiger partial charge in [-0.1, -0.05) is 24.8 Å². The maximum Gasteiger partial charge on any atom is 0.228 e. The van der Waals surface area contributed by atoms with Crippen molar-refractivity contribution in [1.29, 1.82) is 0 Å². The molecule has 0 aliphatic heterocycles. The number of hydrogen-bond donors (Lipinski definition) is 1. The second kappa shape index (κ2) is 8.67. The van der Waals surface area contributed by atoms with Gasteiger partial charge in [0.1, 0.15) is 11.5 Å². The van der Waals surface area contributed by atoms with Crippen molar-refractivity contribution in [2.75, 3.05) is 4.90 Å². The molecule has 1 amide bonds. The number of ether oxygens (including phenoxy) is 1. The zero-order chi connectivity index (χ0) is 19.1. The summed E-state index contributed by atoms with van der Waals surface area (Å²) in [4.78, 5) is 18.0. The van der Waals surface area contributed by atoms with Crippen LogP contribution in [0.5, 0.6) is 11.5 Å². The number of aliphatic imine (C=N–C) groups is 1. The molecule has 0 unspecified atom stereocenters. The van der Waals surface area contributed by atoms with Crippen molar-refractivity contribution in [3.05, 3.63) is 78.8 Å². The normalized spacial score (nSPS) is 12.2. The number of amides is 1. The molecule has 0 aliphatic rings. The van der Waals surface area contributed by atoms with Gasteiger partial charge in [-0.15, -0.1) is 0 Å². The number of carbonyl (C=O) groups is 1. The topological polar surface area (TPSA) is 67.9 Å². The van der Waals surface area contributed by atoms with Crippen LogP contribution in [0, 0.1) is 0 Å². The molecule has 0 atom stereocenters. The molecule has 134 valence electrons. The quantitative estimate of drug-likeness (QED) is 0.773. The number of carbonyl (C=O) groups excluding carboxylic acids is 1. The van der Waals surface area contributed by atoms with E-state index >= 15 is 0 Å². The fourth-order valence-electron chi connectivity index (χ4n) is 2.58. The third-order valence-electron chi connectivity index (χ3n) is 3.61. The lowest BCUT2D eigenvalue weighted by Gasteiger charge is -2.25. The molecule has 0 saturated carbocycles. The highest BCUT2D eigenvalue weighted by molar-refractivity contribution is 6.10. The van der Waals surface area contributed by atoms with Crippen LogP contribution >= 0.6 is 0 Å². The van der Waals surface area contributed by atoms with Gasteiger partial charge in [-0.2, -0.15) is 0 Å². The summed E-state index contributed by atoms with van der Waals surface area (Å²) < 4.78 is 5.79. The van der Waals surface area contributed by atoms with E-state index in [1.165, 1.54) is 18.0 Å². The summed E-state index contributed by atoms with van der Waals surface area (Å²) in [5, 5.41) is 0. The molecule has 0 aromatic heterocycles. The number of anilines is 1. The first-order valence-corrected chi connectivity index (χ1v) is 8.19. The minimum atomic E-state index is -0.167. The van der Waals surface area contributed by atoms with Gasteiger partial charge < -0.3 is 10.5 Å². The monoisotopic (exact) mass is 349 g/mol. The van der Waals surface area contributed by atoms with Crippen molar-refractivity contribution in [1.82, 2.24) is 0 Å². The standard InChI is InChI=1S/C21H23N3O2/c1-5-23-16(3)21(15(2)22)24(17(4)25)18-11-13-20(14-12-18)26-19-9-7-6-8-10-19/h5-14H,1,22H2,2-4H3/b21-15-,23-16?. The molecular formula is C21H23N3O2. The molecule has 0 aliphatic carbocycles. The molecule has 0 spiro atoms. The van der Waals surface area contributed by atoms with Gasteiger partial charge in [0.15, 0.2) is 0 Å². The number of hydrogen-bond acceptors (Lipinski definition) is 4. The van der Waals surface area contributed by atoms with Crippen LogP contribution in [0.1, 0.15) is 20.8 Å². The Morgan fingerprint density at radius 2 is 1.62 bits per heavy atom. The smallest absolute Gasteiger partial charge is 0.228 e. The lowest BCUT2D eigenvalue weighted by Crippen LogP contribution is -2.33. The summed E-state index contributed by atoms with van der Waals surface area (Å²) in [5.41, 5.74) is 8.35. The van der Waals surface area contributed by atoms with Crippen LogP contribution < -0.4 is 15.4 Å². The summed E-state index contributed by atoms with van der Waals surface area (Å²) >= 11 is 0. The molecule has 5 nitrogen and oxygen atoms in total. The van der Waals surface area contributed by atoms with E-state index in [2.05, 4.69) is 11.6 Å². The molecular weight excluding hydrogens is 326 g/mol. The Hall–Kier alpha value is -3.34. The van der Waals surface area contributed by atoms with Gasteiger partial charge in [-0.3, -0.25) is 14.7 Å². The highest BCUT2D eigenvalue weighted by atomic mass is 16.5. The van der Waals surface area contributed by atoms with E-state index in [1.54, 1.807) is 13.8 Å². The molecule has 0 bridgehead atoms. The van der Waals surface area contributed by atoms with Gasteiger partial charge in [0.25, 0.3) is 0 Å². The number of benzene rings is 2. The first kappa shape index (κ1) is 19.0. The SMILES string of the molecule is C=CN=C(C)/C(=C(\C)N)N(C(C)=O)c1ccc(Oc2ccccc2)cc1. The Balaban J connectivity index is 2.36. The van der Waals surface area contributed by atoms with Gasteiger partial charge in [0.05, 0.1) is 11.4 Å². The van der Waals surface area contributed by atoms with E-state index in [0.29, 0.717) is 28.5 Å². The third-order valence-corrected chi connectivity index (χ3v) is 3.61. The molecule has 0 fully saturated rings. The van der Waals surface area contributed by atoms with Gasteiger partial charge in [0, 0.05) is 24.5 Å². The molecule has 26 heavy (non-hydrogen) atoms. The molecule has 2 rings (SSSR count). The second-order valence-corrected chi connectivity index (χ2v) is 5.69. The van der Waals surface area contributed by atoms with Gasteiger partial charge >= 0.3 is 0 Å². The van der Waals surface area contributed by atoms with Gasteiger partial charge in [-0.05, 0) is 50.2 Å². The van der Waals surface area contributed by atoms with Crippen LogP contribution in [-0.4, -0.2) is 11.6 Å². The Morgan fingerprint density at radius 1 is 1.04 bits per heavy atom. The van der Waals surface area contributed by atoms with Crippen LogP contribution in [0.3, 0.4) is 0 Å². The maximum absolute atomic E-state index is 12.3. The number of nitrogens with two attached hydrogens (primary N) is 1. The van der Waals surface area contributed by atoms with Crippen molar-refractivity contribution in [2.45, 2.75) is 20.8 Å². The Bertz CT molecular complexity index is 833. The molecule has 0 heterocycles. The lowest BCUT2D eigenvalue weighted by molar-refractivity contribution is -0.116. The Labute approximate surface area is 154 Å². The highest BCUT2D eigenvalue weighted by Gasteiger charge is 2.20. The van der Waals surface area contributed by atoms with Crippen molar-refractivity contribution in [3.63, 3.8) is 0 Å². The minimum Gasteiger partial charge on any atom is -0.457 e. The Kier molecular flexibility index (Phi) is 6.33. The van der Waals surface area contributed by atoms with Crippen molar-refractivity contribution in [2.24, 2.45) is 10.7 Å². The van der Waals surface area contributed by atoms with Gasteiger partial charge in [-0.25, -0.2) is 0 Å². The summed E-state index contributed by atoms with van der Waals surface area (Å²) in [7, 11) is 0. The van der Waals surface area contributed by atoms with Crippen LogP contribution in [0.2, 0.25) is 0 Å². The van der Waals surface area contributed by atoms with E-state index in [0.717, 1.165) is 5.75 Å². The molecule has 2 N–H and O–H groups in total. The zero-order valence-electron chi connectivity index (χ0n) is 15.3. The minimum absolute atomic E-state index is 0.167. The third kappa shape index (κ3) is 4.60. The molecule has 2 aromatic carbocycles. The number of nitrogens with zero attached hydrogens (tertiary/aromatic N) is 2. The van der Waals surface area contributed by atoms with Crippen molar-refractivity contribution >= 4 is 17.3 Å². The average molecular weight is 349 g/mol. The van der Waals surface area contributed by atoms with Gasteiger partial charge in [0.2, 0.25) is 5.91 Å². The average Bonchev–Trinajstić information content (AvgIpc) is 2.61. The number of para-hydroxylation sites is 1. The molecule has 2 aromatic rings. The molecule has 0 saturated heterocycles. The second-order valence-electron chi connectivity index (χ2n) is 5.69. The van der Waals surface area contributed by atoms with Crippen molar-refractivity contribution in [3.8, 4) is 11.5 Å². The first-order valence-electron chi connectivity index (χ1n) is 8.19. The zero-order valence-corrected chi connectivity index (χ0v) is 15.3. The molecule has 0 radical (unpaired) electrons. The molecule has 5 heteroatoms. The number of rotatable bonds is 6. The largest absolute Gasteiger partial charge is 0.457 e. The summed E-state index contributed by atoms with van der Waals surface area (Å²) in [6, 6.07) is 16.7.